The van der Waals surface area contributed by atoms with Gasteiger partial charge in [0, 0.05) is 38.2 Å². The van der Waals surface area contributed by atoms with Crippen LogP contribution in [-0.2, 0) is 9.53 Å². The number of likely N-dealkylation sites (tertiary alicyclic amines) is 1. The number of carbonyl (C=O) groups excluding carboxylic acids is 3. The Bertz CT molecular complexity index is 1140. The molecule has 1 aromatic carbocycles. The van der Waals surface area contributed by atoms with Gasteiger partial charge in [0.15, 0.2) is 11.5 Å². The molecule has 0 radical (unpaired) electrons. The number of benzene rings is 1. The van der Waals surface area contributed by atoms with Gasteiger partial charge in [-0.3, -0.25) is 14.6 Å². The molecule has 4 rings (SSSR count). The molecule has 1 aromatic heterocycles. The second-order valence-electron chi connectivity index (χ2n) is 9.23. The van der Waals surface area contributed by atoms with Crippen molar-refractivity contribution in [2.45, 2.75) is 44.8 Å². The van der Waals surface area contributed by atoms with E-state index >= 15 is 0 Å². The standard InChI is InChI=1S/C26H29F2N3O6/c1-15(32)31-13-19(17-6-8-22(37-26(27)28)23(10-17)36-14-16-3-4-16)9-20(31)12-30-24(33)21-7-5-18(11-29-21)25(34)35-2/h5-8,10-11,16,19-20,26H,3-4,9,12-14H2,1-2H3,(H,30,33)/t19?,20-/m1/s1. The average Bonchev–Trinajstić information content (AvgIpc) is 3.62. The maximum absolute atomic E-state index is 12.9. The third kappa shape index (κ3) is 6.72. The fraction of sp³-hybridized carbons (Fsp3) is 0.462. The van der Waals surface area contributed by atoms with Crippen molar-refractivity contribution >= 4 is 17.8 Å². The van der Waals surface area contributed by atoms with Crippen LogP contribution in [0.3, 0.4) is 0 Å². The molecule has 11 heteroatoms. The Kier molecular flexibility index (Phi) is 8.20. The second kappa shape index (κ2) is 11.5. The van der Waals surface area contributed by atoms with Crippen molar-refractivity contribution in [3.63, 3.8) is 0 Å². The van der Waals surface area contributed by atoms with Gasteiger partial charge in [0.2, 0.25) is 5.91 Å². The molecule has 198 valence electrons. The van der Waals surface area contributed by atoms with E-state index in [-0.39, 0.29) is 47.2 Å². The minimum Gasteiger partial charge on any atom is -0.489 e. The predicted octanol–water partition coefficient (Wildman–Crippen LogP) is 3.39. The lowest BCUT2D eigenvalue weighted by atomic mass is 9.96. The monoisotopic (exact) mass is 517 g/mol. The Balaban J connectivity index is 1.42. The molecule has 1 aliphatic heterocycles. The van der Waals surface area contributed by atoms with Gasteiger partial charge in [-0.15, -0.1) is 0 Å². The quantitative estimate of drug-likeness (QED) is 0.482. The van der Waals surface area contributed by atoms with Crippen LogP contribution in [0.15, 0.2) is 36.5 Å². The summed E-state index contributed by atoms with van der Waals surface area (Å²) in [7, 11) is 1.26. The molecule has 1 saturated heterocycles. The van der Waals surface area contributed by atoms with Gasteiger partial charge >= 0.3 is 12.6 Å². The van der Waals surface area contributed by atoms with Crippen molar-refractivity contribution < 1.29 is 37.4 Å². The number of amides is 2. The summed E-state index contributed by atoms with van der Waals surface area (Å²) in [4.78, 5) is 42.2. The number of ether oxygens (including phenoxy) is 3. The molecule has 2 aromatic rings. The molecule has 1 N–H and O–H groups in total. The summed E-state index contributed by atoms with van der Waals surface area (Å²) in [6.07, 6.45) is 3.93. The van der Waals surface area contributed by atoms with Gasteiger partial charge in [0.05, 0.1) is 19.3 Å². The topological polar surface area (TPSA) is 107 Å². The molecule has 1 aliphatic carbocycles. The number of alkyl halides is 2. The van der Waals surface area contributed by atoms with E-state index < -0.39 is 18.5 Å². The Morgan fingerprint density at radius 1 is 1.16 bits per heavy atom. The van der Waals surface area contributed by atoms with Crippen LogP contribution in [0.5, 0.6) is 11.5 Å². The Hall–Kier alpha value is -3.76. The lowest BCUT2D eigenvalue weighted by Crippen LogP contribution is -2.42. The van der Waals surface area contributed by atoms with E-state index in [4.69, 9.17) is 4.74 Å². The lowest BCUT2D eigenvalue weighted by Gasteiger charge is -2.23. The van der Waals surface area contributed by atoms with Crippen molar-refractivity contribution in [1.82, 2.24) is 15.2 Å². The number of rotatable bonds is 10. The number of hydrogen-bond donors (Lipinski definition) is 1. The first-order valence-electron chi connectivity index (χ1n) is 12.1. The van der Waals surface area contributed by atoms with E-state index in [1.54, 1.807) is 17.0 Å². The Labute approximate surface area is 213 Å². The third-order valence-corrected chi connectivity index (χ3v) is 6.56. The molecule has 1 saturated carbocycles. The third-order valence-electron chi connectivity index (χ3n) is 6.56. The molecule has 1 unspecified atom stereocenters. The van der Waals surface area contributed by atoms with Crippen LogP contribution in [0.25, 0.3) is 0 Å². The molecule has 9 nitrogen and oxygen atoms in total. The number of methoxy groups -OCH3 is 1. The Morgan fingerprint density at radius 2 is 1.95 bits per heavy atom. The molecule has 0 spiro atoms. The number of hydrogen-bond acceptors (Lipinski definition) is 7. The van der Waals surface area contributed by atoms with Crippen molar-refractivity contribution in [2.24, 2.45) is 5.92 Å². The van der Waals surface area contributed by atoms with Crippen LogP contribution in [0.1, 0.15) is 58.5 Å². The minimum atomic E-state index is -2.96. The molecule has 2 amide bonds. The molecule has 2 aliphatic rings. The van der Waals surface area contributed by atoms with Crippen LogP contribution in [0.2, 0.25) is 0 Å². The molecule has 37 heavy (non-hydrogen) atoms. The van der Waals surface area contributed by atoms with E-state index in [0.717, 1.165) is 18.4 Å². The summed E-state index contributed by atoms with van der Waals surface area (Å²) in [5, 5.41) is 2.80. The van der Waals surface area contributed by atoms with Gasteiger partial charge < -0.3 is 24.4 Å². The molecule has 2 fully saturated rings. The predicted molar refractivity (Wildman–Crippen MR) is 128 cm³/mol. The molecule has 2 heterocycles. The number of nitrogens with one attached hydrogen (secondary N) is 1. The van der Waals surface area contributed by atoms with Crippen LogP contribution in [0.4, 0.5) is 8.78 Å². The second-order valence-corrected chi connectivity index (χ2v) is 9.23. The summed E-state index contributed by atoms with van der Waals surface area (Å²) < 4.78 is 40.8. The number of aromatic nitrogens is 1. The summed E-state index contributed by atoms with van der Waals surface area (Å²) in [6.45, 7) is -0.440. The zero-order chi connectivity index (χ0) is 26.5. The SMILES string of the molecule is COC(=O)c1ccc(C(=O)NC[C@H]2CC(c3ccc(OC(F)F)c(OCC4CC4)c3)CN2C(C)=O)nc1. The van der Waals surface area contributed by atoms with Crippen LogP contribution >= 0.6 is 0 Å². The van der Waals surface area contributed by atoms with E-state index in [1.807, 2.05) is 0 Å². The van der Waals surface area contributed by atoms with Gasteiger partial charge in [0.1, 0.15) is 5.69 Å². The van der Waals surface area contributed by atoms with E-state index in [9.17, 15) is 23.2 Å². The van der Waals surface area contributed by atoms with Gasteiger partial charge in [0.25, 0.3) is 5.91 Å². The van der Waals surface area contributed by atoms with Crippen molar-refractivity contribution in [3.05, 3.63) is 53.3 Å². The maximum atomic E-state index is 12.9. The number of carbonyl (C=O) groups is 3. The van der Waals surface area contributed by atoms with Crippen molar-refractivity contribution in [2.75, 3.05) is 26.8 Å². The highest BCUT2D eigenvalue weighted by Gasteiger charge is 2.35. The number of nitrogens with zero attached hydrogens (tertiary/aromatic N) is 2. The molecular formula is C26H29F2N3O6. The summed E-state index contributed by atoms with van der Waals surface area (Å²) >= 11 is 0. The van der Waals surface area contributed by atoms with Crippen LogP contribution in [-0.4, -0.2) is 67.1 Å². The number of halogens is 2. The zero-order valence-electron chi connectivity index (χ0n) is 20.6. The largest absolute Gasteiger partial charge is 0.489 e. The fourth-order valence-corrected chi connectivity index (χ4v) is 4.38. The maximum Gasteiger partial charge on any atom is 0.387 e. The fourth-order valence-electron chi connectivity index (χ4n) is 4.38. The highest BCUT2D eigenvalue weighted by atomic mass is 19.3. The first-order chi connectivity index (χ1) is 17.7. The summed E-state index contributed by atoms with van der Waals surface area (Å²) in [5.74, 6) is -0.525. The Morgan fingerprint density at radius 3 is 2.57 bits per heavy atom. The van der Waals surface area contributed by atoms with Crippen LogP contribution < -0.4 is 14.8 Å². The van der Waals surface area contributed by atoms with Gasteiger partial charge in [-0.05, 0) is 55.0 Å². The van der Waals surface area contributed by atoms with E-state index in [1.165, 1.54) is 38.4 Å². The number of pyridine rings is 1. The van der Waals surface area contributed by atoms with Gasteiger partial charge in [-0.1, -0.05) is 6.07 Å². The van der Waals surface area contributed by atoms with Crippen LogP contribution in [0, 0.1) is 5.92 Å². The van der Waals surface area contributed by atoms with Crippen molar-refractivity contribution in [1.29, 1.82) is 0 Å². The molecule has 0 bridgehead atoms. The highest BCUT2D eigenvalue weighted by molar-refractivity contribution is 5.94. The molecule has 2 atom stereocenters. The lowest BCUT2D eigenvalue weighted by molar-refractivity contribution is -0.129. The summed E-state index contributed by atoms with van der Waals surface area (Å²) in [5.41, 5.74) is 1.20. The first kappa shape index (κ1) is 26.3. The minimum absolute atomic E-state index is 0.0182. The van der Waals surface area contributed by atoms with E-state index in [0.29, 0.717) is 25.5 Å². The molecular weight excluding hydrogens is 488 g/mol. The van der Waals surface area contributed by atoms with E-state index in [2.05, 4.69) is 19.8 Å². The normalized spacial score (nSPS) is 19.0. The smallest absolute Gasteiger partial charge is 0.387 e. The first-order valence-corrected chi connectivity index (χ1v) is 12.1. The van der Waals surface area contributed by atoms with Gasteiger partial charge in [-0.25, -0.2) is 4.79 Å². The highest BCUT2D eigenvalue weighted by Crippen LogP contribution is 2.38. The number of esters is 1. The zero-order valence-corrected chi connectivity index (χ0v) is 20.6. The average molecular weight is 518 g/mol. The van der Waals surface area contributed by atoms with Gasteiger partial charge in [-0.2, -0.15) is 8.78 Å². The summed E-state index contributed by atoms with van der Waals surface area (Å²) in [6, 6.07) is 7.49. The van der Waals surface area contributed by atoms with Crippen molar-refractivity contribution in [3.8, 4) is 11.5 Å².